The summed E-state index contributed by atoms with van der Waals surface area (Å²) in [4.78, 5) is 17.9. The first-order valence-corrected chi connectivity index (χ1v) is 10.8. The molecule has 2 aliphatic rings. The van der Waals surface area contributed by atoms with E-state index in [4.69, 9.17) is 4.74 Å². The highest BCUT2D eigenvalue weighted by atomic mass is 19.1. The van der Waals surface area contributed by atoms with Crippen LogP contribution in [0.1, 0.15) is 28.1 Å². The molecule has 7 nitrogen and oxygen atoms in total. The van der Waals surface area contributed by atoms with Gasteiger partial charge in [0, 0.05) is 60.1 Å². The van der Waals surface area contributed by atoms with Gasteiger partial charge < -0.3 is 25.5 Å². The molecule has 170 valence electrons. The van der Waals surface area contributed by atoms with Crippen LogP contribution in [0.4, 0.5) is 10.1 Å². The number of carbonyl (C=O) groups excluding carboxylic acids is 1. The Hall–Kier alpha value is -2.94. The number of halogens is 1. The smallest absolute Gasteiger partial charge is 0.256 e. The SMILES string of the molecule is C=C(NC[C@H](O)CN1CCOCC1)c1c(C)[nH]c(/C=C2\C(=O)Nc3ccc(F)cc32)c1C. The van der Waals surface area contributed by atoms with Crippen molar-refractivity contribution >= 4 is 28.9 Å². The normalized spacial score (nSPS) is 18.5. The molecule has 2 aromatic rings. The van der Waals surface area contributed by atoms with Gasteiger partial charge in [-0.05, 0) is 43.7 Å². The number of aromatic amines is 1. The number of hydrogen-bond acceptors (Lipinski definition) is 5. The lowest BCUT2D eigenvalue weighted by Gasteiger charge is -2.28. The van der Waals surface area contributed by atoms with Crippen molar-refractivity contribution in [2.24, 2.45) is 0 Å². The molecule has 1 saturated heterocycles. The number of hydrogen-bond donors (Lipinski definition) is 4. The molecule has 0 unspecified atom stereocenters. The predicted octanol–water partition coefficient (Wildman–Crippen LogP) is 2.52. The van der Waals surface area contributed by atoms with E-state index < -0.39 is 6.10 Å². The number of fused-ring (bicyclic) bond motifs is 1. The van der Waals surface area contributed by atoms with Gasteiger partial charge in [-0.3, -0.25) is 9.69 Å². The van der Waals surface area contributed by atoms with Gasteiger partial charge in [-0.25, -0.2) is 4.39 Å². The Balaban J connectivity index is 1.47. The molecule has 1 amide bonds. The van der Waals surface area contributed by atoms with Crippen LogP contribution in [-0.4, -0.2) is 66.4 Å². The molecule has 0 bridgehead atoms. The summed E-state index contributed by atoms with van der Waals surface area (Å²) in [6.45, 7) is 12.0. The number of nitrogens with zero attached hydrogens (tertiary/aromatic N) is 1. The minimum atomic E-state index is -0.528. The second-order valence-corrected chi connectivity index (χ2v) is 8.29. The predicted molar refractivity (Wildman–Crippen MR) is 123 cm³/mol. The number of anilines is 1. The number of aryl methyl sites for hydroxylation is 1. The third-order valence-corrected chi connectivity index (χ3v) is 5.95. The first-order valence-electron chi connectivity index (χ1n) is 10.8. The standard InChI is InChI=1S/C24H29FN4O3/c1-14-22(11-20-19-10-17(25)4-5-21(19)28-24(20)31)27-16(3)23(14)15(2)26-12-18(30)13-29-6-8-32-9-7-29/h4-5,10-11,18,26-27,30H,2,6-9,12-13H2,1,3H3,(H,28,31)/b20-11-/t18-/m0/s1. The van der Waals surface area contributed by atoms with Crippen LogP contribution in [0.25, 0.3) is 17.3 Å². The lowest BCUT2D eigenvalue weighted by atomic mass is 10.0. The molecule has 1 aromatic carbocycles. The lowest BCUT2D eigenvalue weighted by molar-refractivity contribution is -0.110. The lowest BCUT2D eigenvalue weighted by Crippen LogP contribution is -2.43. The van der Waals surface area contributed by atoms with Gasteiger partial charge in [-0.2, -0.15) is 0 Å². The Bertz CT molecular complexity index is 1070. The number of rotatable bonds is 7. The van der Waals surface area contributed by atoms with Crippen LogP contribution in [0.15, 0.2) is 24.8 Å². The van der Waals surface area contributed by atoms with Crippen molar-refractivity contribution in [3.8, 4) is 0 Å². The molecule has 8 heteroatoms. The molecule has 0 saturated carbocycles. The third kappa shape index (κ3) is 4.62. The summed E-state index contributed by atoms with van der Waals surface area (Å²) in [5.41, 5.74) is 5.75. The number of ether oxygens (including phenoxy) is 1. The highest BCUT2D eigenvalue weighted by molar-refractivity contribution is 6.34. The molecule has 1 aromatic heterocycles. The molecule has 0 spiro atoms. The number of nitrogens with one attached hydrogen (secondary N) is 3. The van der Waals surface area contributed by atoms with E-state index in [-0.39, 0.29) is 11.7 Å². The molecular formula is C24H29FN4O3. The number of H-pyrrole nitrogens is 1. The Morgan fingerprint density at radius 1 is 1.38 bits per heavy atom. The van der Waals surface area contributed by atoms with E-state index in [0.29, 0.717) is 48.8 Å². The number of carbonyl (C=O) groups is 1. The van der Waals surface area contributed by atoms with Gasteiger partial charge in [0.05, 0.1) is 24.9 Å². The third-order valence-electron chi connectivity index (χ3n) is 5.95. The topological polar surface area (TPSA) is 89.6 Å². The summed E-state index contributed by atoms with van der Waals surface area (Å²) in [5, 5.41) is 16.4. The van der Waals surface area contributed by atoms with Crippen LogP contribution in [-0.2, 0) is 9.53 Å². The number of aliphatic hydroxyl groups excluding tert-OH is 1. The van der Waals surface area contributed by atoms with Crippen molar-refractivity contribution in [1.82, 2.24) is 15.2 Å². The minimum absolute atomic E-state index is 0.262. The number of morpholine rings is 1. The molecule has 4 N–H and O–H groups in total. The van der Waals surface area contributed by atoms with E-state index in [0.717, 1.165) is 35.6 Å². The van der Waals surface area contributed by atoms with Crippen LogP contribution in [0.3, 0.4) is 0 Å². The summed E-state index contributed by atoms with van der Waals surface area (Å²) in [6.07, 6.45) is 1.21. The zero-order valence-electron chi connectivity index (χ0n) is 18.4. The Morgan fingerprint density at radius 3 is 2.88 bits per heavy atom. The van der Waals surface area contributed by atoms with Gasteiger partial charge in [-0.15, -0.1) is 0 Å². The maximum absolute atomic E-state index is 13.7. The molecule has 0 aliphatic carbocycles. The van der Waals surface area contributed by atoms with Crippen molar-refractivity contribution in [2.75, 3.05) is 44.7 Å². The van der Waals surface area contributed by atoms with Gasteiger partial charge in [0.25, 0.3) is 5.91 Å². The van der Waals surface area contributed by atoms with Gasteiger partial charge >= 0.3 is 0 Å². The Labute approximate surface area is 187 Å². The molecule has 4 rings (SSSR count). The van der Waals surface area contributed by atoms with Crippen LogP contribution >= 0.6 is 0 Å². The molecule has 0 radical (unpaired) electrons. The number of benzene rings is 1. The number of β-amino-alcohol motifs (C(OH)–C–C–N with tert-alkyl or cyclic N) is 1. The van der Waals surface area contributed by atoms with Crippen LogP contribution < -0.4 is 10.6 Å². The van der Waals surface area contributed by atoms with Crippen LogP contribution in [0.5, 0.6) is 0 Å². The average Bonchev–Trinajstić information content (AvgIpc) is 3.22. The molecular weight excluding hydrogens is 411 g/mol. The minimum Gasteiger partial charge on any atom is -0.390 e. The van der Waals surface area contributed by atoms with Gasteiger partial charge in [0.15, 0.2) is 0 Å². The zero-order valence-corrected chi connectivity index (χ0v) is 18.4. The summed E-state index contributed by atoms with van der Waals surface area (Å²) >= 11 is 0. The van der Waals surface area contributed by atoms with E-state index in [9.17, 15) is 14.3 Å². The van der Waals surface area contributed by atoms with E-state index >= 15 is 0 Å². The molecule has 1 fully saturated rings. The first-order chi connectivity index (χ1) is 15.3. The summed E-state index contributed by atoms with van der Waals surface area (Å²) in [7, 11) is 0. The monoisotopic (exact) mass is 440 g/mol. The van der Waals surface area contributed by atoms with E-state index in [1.807, 2.05) is 13.8 Å². The van der Waals surface area contributed by atoms with E-state index in [1.165, 1.54) is 12.1 Å². The largest absolute Gasteiger partial charge is 0.390 e. The van der Waals surface area contributed by atoms with Crippen molar-refractivity contribution in [1.29, 1.82) is 0 Å². The second kappa shape index (κ2) is 9.28. The zero-order chi connectivity index (χ0) is 22.8. The fraction of sp³-hybridized carbons (Fsp3) is 0.375. The molecule has 1 atom stereocenters. The van der Waals surface area contributed by atoms with E-state index in [2.05, 4.69) is 27.1 Å². The highest BCUT2D eigenvalue weighted by Crippen LogP contribution is 2.35. The molecule has 32 heavy (non-hydrogen) atoms. The maximum Gasteiger partial charge on any atom is 0.256 e. The van der Waals surface area contributed by atoms with E-state index in [1.54, 1.807) is 12.1 Å². The number of aliphatic hydroxyl groups is 1. The van der Waals surface area contributed by atoms with Crippen molar-refractivity contribution < 1.29 is 19.0 Å². The molecule has 2 aliphatic heterocycles. The summed E-state index contributed by atoms with van der Waals surface area (Å²) < 4.78 is 19.1. The van der Waals surface area contributed by atoms with Gasteiger partial charge in [0.2, 0.25) is 0 Å². The second-order valence-electron chi connectivity index (χ2n) is 8.29. The first kappa shape index (κ1) is 22.3. The van der Waals surface area contributed by atoms with Gasteiger partial charge in [-0.1, -0.05) is 6.58 Å². The van der Waals surface area contributed by atoms with Crippen molar-refractivity contribution in [3.05, 3.63) is 58.7 Å². The number of aromatic nitrogens is 1. The Morgan fingerprint density at radius 2 is 2.12 bits per heavy atom. The van der Waals surface area contributed by atoms with Crippen molar-refractivity contribution in [2.45, 2.75) is 20.0 Å². The Kier molecular flexibility index (Phi) is 6.45. The highest BCUT2D eigenvalue weighted by Gasteiger charge is 2.25. The summed E-state index contributed by atoms with van der Waals surface area (Å²) in [6, 6.07) is 4.25. The van der Waals surface area contributed by atoms with Gasteiger partial charge in [0.1, 0.15) is 5.82 Å². The maximum atomic E-state index is 13.7. The quantitative estimate of drug-likeness (QED) is 0.497. The fourth-order valence-corrected chi connectivity index (χ4v) is 4.29. The average molecular weight is 441 g/mol. The summed E-state index contributed by atoms with van der Waals surface area (Å²) in [5.74, 6) is -0.651. The fourth-order valence-electron chi connectivity index (χ4n) is 4.29. The van der Waals surface area contributed by atoms with Crippen LogP contribution in [0, 0.1) is 19.7 Å². The molecule has 3 heterocycles. The number of amides is 1. The van der Waals surface area contributed by atoms with Crippen LogP contribution in [0.2, 0.25) is 0 Å². The van der Waals surface area contributed by atoms with Crippen molar-refractivity contribution in [3.63, 3.8) is 0 Å².